The van der Waals surface area contributed by atoms with Gasteiger partial charge in [0.15, 0.2) is 0 Å². The van der Waals surface area contributed by atoms with Crippen molar-refractivity contribution in [2.75, 3.05) is 12.4 Å². The van der Waals surface area contributed by atoms with E-state index in [2.05, 4.69) is 36.6 Å². The molecule has 0 aliphatic carbocycles. The van der Waals surface area contributed by atoms with E-state index >= 15 is 0 Å². The number of aliphatic hydroxyl groups excluding tert-OH is 1. The van der Waals surface area contributed by atoms with Crippen molar-refractivity contribution in [3.8, 4) is 0 Å². The van der Waals surface area contributed by atoms with Crippen LogP contribution < -0.4 is 0 Å². The van der Waals surface area contributed by atoms with Gasteiger partial charge in [0.25, 0.3) is 0 Å². The second-order valence-corrected chi connectivity index (χ2v) is 3.28. The average molecular weight is 276 g/mol. The number of carbonyl (C=O) groups is 1. The van der Waals surface area contributed by atoms with Crippen LogP contribution in [0.5, 0.6) is 0 Å². The Bertz CT molecular complexity index is 117. The number of hydrogen-bond donors (Lipinski definition) is 1. The zero-order chi connectivity index (χ0) is 8.15. The summed E-state index contributed by atoms with van der Waals surface area (Å²) in [5.74, 6) is -0.466. The van der Waals surface area contributed by atoms with Gasteiger partial charge in [-0.25, -0.2) is 0 Å². The van der Waals surface area contributed by atoms with Gasteiger partial charge in [0.05, 0.1) is 13.2 Å². The summed E-state index contributed by atoms with van der Waals surface area (Å²) in [5, 5.41) is 9.38. The predicted octanol–water partition coefficient (Wildman–Crippen LogP) is 0.679. The highest BCUT2D eigenvalue weighted by molar-refractivity contribution is 9.10. The summed E-state index contributed by atoms with van der Waals surface area (Å²) in [6, 6.07) is 0. The summed E-state index contributed by atoms with van der Waals surface area (Å²) in [6.45, 7) is 0. The van der Waals surface area contributed by atoms with Crippen LogP contribution in [0.2, 0.25) is 0 Å². The van der Waals surface area contributed by atoms with Gasteiger partial charge in [-0.2, -0.15) is 0 Å². The van der Waals surface area contributed by atoms with E-state index in [1.54, 1.807) is 0 Å². The minimum absolute atomic E-state index is 0.345. The van der Waals surface area contributed by atoms with Crippen LogP contribution in [-0.2, 0) is 9.53 Å². The molecule has 0 saturated carbocycles. The van der Waals surface area contributed by atoms with Crippen molar-refractivity contribution in [1.29, 1.82) is 0 Å². The summed E-state index contributed by atoms with van der Waals surface area (Å²) in [4.78, 5) is 10.0. The molecule has 1 N–H and O–H groups in total. The Morgan fingerprint density at radius 1 is 1.80 bits per heavy atom. The maximum Gasteiger partial charge on any atom is 0.322 e. The Labute approximate surface area is 76.0 Å². The van der Waals surface area contributed by atoms with Gasteiger partial charge in [0.1, 0.15) is 4.83 Å². The molecule has 0 unspecified atom stereocenters. The summed E-state index contributed by atoms with van der Waals surface area (Å²) >= 11 is 6.00. The maximum atomic E-state index is 10.7. The van der Waals surface area contributed by atoms with E-state index in [9.17, 15) is 4.79 Å². The number of rotatable bonds is 3. The number of methoxy groups -OCH3 is 1. The molecule has 0 spiro atoms. The van der Waals surface area contributed by atoms with Crippen molar-refractivity contribution in [3.05, 3.63) is 0 Å². The highest BCUT2D eigenvalue weighted by Crippen LogP contribution is 2.09. The van der Waals surface area contributed by atoms with E-state index in [-0.39, 0.29) is 0 Å². The molecule has 0 heterocycles. The molecule has 5 heteroatoms. The van der Waals surface area contributed by atoms with Crippen molar-refractivity contribution >= 4 is 37.8 Å². The molecule has 0 fully saturated rings. The fraction of sp³-hybridized carbons (Fsp3) is 0.800. The topological polar surface area (TPSA) is 46.5 Å². The quantitative estimate of drug-likeness (QED) is 0.609. The molecule has 60 valence electrons. The number of alkyl halides is 2. The highest BCUT2D eigenvalue weighted by atomic mass is 79.9. The number of aliphatic hydroxyl groups is 1. The minimum Gasteiger partial charge on any atom is -0.468 e. The predicted molar refractivity (Wildman–Crippen MR) is 44.5 cm³/mol. The van der Waals surface area contributed by atoms with E-state index < -0.39 is 16.9 Å². The first-order chi connectivity index (χ1) is 4.63. The van der Waals surface area contributed by atoms with Crippen molar-refractivity contribution < 1.29 is 14.6 Å². The van der Waals surface area contributed by atoms with Gasteiger partial charge in [0, 0.05) is 5.33 Å². The zero-order valence-corrected chi connectivity index (χ0v) is 8.55. The zero-order valence-electron chi connectivity index (χ0n) is 5.38. The molecule has 0 bridgehead atoms. The fourth-order valence-corrected chi connectivity index (χ4v) is 1.60. The molecule has 0 amide bonds. The maximum absolute atomic E-state index is 10.7. The highest BCUT2D eigenvalue weighted by Gasteiger charge is 2.23. The summed E-state index contributed by atoms with van der Waals surface area (Å²) < 4.78 is 4.37. The smallest absolute Gasteiger partial charge is 0.322 e. The summed E-state index contributed by atoms with van der Waals surface area (Å²) in [7, 11) is 1.28. The van der Waals surface area contributed by atoms with Crippen molar-refractivity contribution in [2.45, 2.75) is 10.9 Å². The molecule has 3 nitrogen and oxygen atoms in total. The van der Waals surface area contributed by atoms with Gasteiger partial charge < -0.3 is 9.84 Å². The molecular weight excluding hydrogens is 268 g/mol. The normalized spacial score (nSPS) is 16.0. The number of ether oxygens (including phenoxy) is 1. The Morgan fingerprint density at radius 2 is 2.30 bits per heavy atom. The number of halogens is 2. The molecule has 0 aromatic heterocycles. The second-order valence-electron chi connectivity index (χ2n) is 1.65. The van der Waals surface area contributed by atoms with Gasteiger partial charge in [-0.05, 0) is 0 Å². The summed E-state index contributed by atoms with van der Waals surface area (Å²) in [6.07, 6.45) is -0.743. The van der Waals surface area contributed by atoms with Gasteiger partial charge in [0.2, 0.25) is 0 Å². The monoisotopic (exact) mass is 274 g/mol. The first kappa shape index (κ1) is 10.4. The number of esters is 1. The molecule has 0 radical (unpaired) electrons. The summed E-state index contributed by atoms with van der Waals surface area (Å²) in [5.41, 5.74) is 0. The number of carbonyl (C=O) groups excluding carboxylic acids is 1. The Kier molecular flexibility index (Phi) is 5.29. The van der Waals surface area contributed by atoms with Gasteiger partial charge >= 0.3 is 5.97 Å². The van der Waals surface area contributed by atoms with E-state index in [0.29, 0.717) is 5.33 Å². The molecule has 0 aliphatic heterocycles. The molecule has 0 aromatic rings. The largest absolute Gasteiger partial charge is 0.468 e. The van der Waals surface area contributed by atoms with Gasteiger partial charge in [-0.3, -0.25) is 4.79 Å². The SMILES string of the molecule is COC(=O)[C@H](Br)[C@H](O)CBr. The minimum atomic E-state index is -0.743. The van der Waals surface area contributed by atoms with Crippen LogP contribution in [0.15, 0.2) is 0 Å². The van der Waals surface area contributed by atoms with E-state index in [4.69, 9.17) is 5.11 Å². The van der Waals surface area contributed by atoms with Crippen molar-refractivity contribution in [3.63, 3.8) is 0 Å². The molecule has 0 saturated heterocycles. The lowest BCUT2D eigenvalue weighted by atomic mass is 10.3. The fourth-order valence-electron chi connectivity index (χ4n) is 0.348. The van der Waals surface area contributed by atoms with Crippen LogP contribution >= 0.6 is 31.9 Å². The second kappa shape index (κ2) is 5.09. The molecule has 0 rings (SSSR count). The Balaban J connectivity index is 3.81. The van der Waals surface area contributed by atoms with Gasteiger partial charge in [-0.1, -0.05) is 31.9 Å². The third-order valence-electron chi connectivity index (χ3n) is 0.922. The third kappa shape index (κ3) is 2.98. The standard InChI is InChI=1S/C5H8Br2O3/c1-10-5(9)4(7)3(8)2-6/h3-4,8H,2H2,1H3/t3-,4-/m1/s1. The van der Waals surface area contributed by atoms with Crippen LogP contribution in [0, 0.1) is 0 Å². The van der Waals surface area contributed by atoms with Crippen molar-refractivity contribution in [1.82, 2.24) is 0 Å². The van der Waals surface area contributed by atoms with E-state index in [1.807, 2.05) is 0 Å². The molecular formula is C5H8Br2O3. The molecule has 0 aliphatic rings. The van der Waals surface area contributed by atoms with E-state index in [0.717, 1.165) is 0 Å². The van der Waals surface area contributed by atoms with Crippen LogP contribution in [0.4, 0.5) is 0 Å². The average Bonchev–Trinajstić information content (AvgIpc) is 2.00. The lowest BCUT2D eigenvalue weighted by Crippen LogP contribution is -2.30. The lowest BCUT2D eigenvalue weighted by Gasteiger charge is -2.11. The Morgan fingerprint density at radius 3 is 2.60 bits per heavy atom. The molecule has 0 aromatic carbocycles. The first-order valence-electron chi connectivity index (χ1n) is 2.59. The first-order valence-corrected chi connectivity index (χ1v) is 4.63. The Hall–Kier alpha value is 0.390. The third-order valence-corrected chi connectivity index (χ3v) is 2.57. The van der Waals surface area contributed by atoms with Crippen LogP contribution in [0.25, 0.3) is 0 Å². The van der Waals surface area contributed by atoms with E-state index in [1.165, 1.54) is 7.11 Å². The molecule has 10 heavy (non-hydrogen) atoms. The van der Waals surface area contributed by atoms with Crippen LogP contribution in [0.3, 0.4) is 0 Å². The number of hydrogen-bond acceptors (Lipinski definition) is 3. The lowest BCUT2D eigenvalue weighted by molar-refractivity contribution is -0.141. The van der Waals surface area contributed by atoms with Crippen LogP contribution in [-0.4, -0.2) is 34.4 Å². The van der Waals surface area contributed by atoms with Crippen LogP contribution in [0.1, 0.15) is 0 Å². The van der Waals surface area contributed by atoms with Crippen molar-refractivity contribution in [2.24, 2.45) is 0 Å². The van der Waals surface area contributed by atoms with Gasteiger partial charge in [-0.15, -0.1) is 0 Å². The molecule has 2 atom stereocenters.